The van der Waals surface area contributed by atoms with Crippen LogP contribution in [0.25, 0.3) is 0 Å². The van der Waals surface area contributed by atoms with E-state index >= 15 is 0 Å². The summed E-state index contributed by atoms with van der Waals surface area (Å²) in [6, 6.07) is 9.04. The Labute approximate surface area is 190 Å². The number of fused-ring (bicyclic) bond motifs is 1. The maximum Gasteiger partial charge on any atom is 0.225 e. The SMILES string of the molecule is Nc1cc(CN2CCC(C(=O)N3CCC(NC4CCc5cccnc54)CC3)CC2)ccn1. The Balaban J connectivity index is 1.06. The van der Waals surface area contributed by atoms with E-state index < -0.39 is 0 Å². The topological polar surface area (TPSA) is 87.4 Å². The summed E-state index contributed by atoms with van der Waals surface area (Å²) in [5.41, 5.74) is 9.60. The summed E-state index contributed by atoms with van der Waals surface area (Å²) >= 11 is 0. The molecule has 5 rings (SSSR count). The number of hydrogen-bond acceptors (Lipinski definition) is 6. The molecule has 2 aromatic heterocycles. The van der Waals surface area contributed by atoms with Crippen molar-refractivity contribution >= 4 is 11.7 Å². The Bertz CT molecular complexity index is 934. The van der Waals surface area contributed by atoms with Crippen molar-refractivity contribution in [3.8, 4) is 0 Å². The van der Waals surface area contributed by atoms with E-state index in [2.05, 4.69) is 31.2 Å². The van der Waals surface area contributed by atoms with E-state index in [0.717, 1.165) is 71.2 Å². The van der Waals surface area contributed by atoms with Crippen molar-refractivity contribution in [3.05, 3.63) is 53.5 Å². The first-order valence-electron chi connectivity index (χ1n) is 12.1. The molecule has 0 bridgehead atoms. The number of nitrogens with zero attached hydrogens (tertiary/aromatic N) is 4. The Morgan fingerprint density at radius 2 is 1.84 bits per heavy atom. The van der Waals surface area contributed by atoms with Gasteiger partial charge in [0.05, 0.1) is 11.7 Å². The summed E-state index contributed by atoms with van der Waals surface area (Å²) in [4.78, 5) is 26.3. The molecular formula is C25H34N6O. The molecule has 170 valence electrons. The highest BCUT2D eigenvalue weighted by molar-refractivity contribution is 5.79. The third-order valence-corrected chi connectivity index (χ3v) is 7.39. The normalized spacial score (nSPS) is 22.8. The van der Waals surface area contributed by atoms with Crippen LogP contribution in [-0.4, -0.2) is 57.9 Å². The highest BCUT2D eigenvalue weighted by atomic mass is 16.2. The summed E-state index contributed by atoms with van der Waals surface area (Å²) in [6.45, 7) is 4.54. The van der Waals surface area contributed by atoms with Crippen LogP contribution in [0.15, 0.2) is 36.7 Å². The summed E-state index contributed by atoms with van der Waals surface area (Å²) in [5, 5.41) is 3.83. The molecule has 1 aliphatic carbocycles. The van der Waals surface area contributed by atoms with Crippen LogP contribution in [0.3, 0.4) is 0 Å². The van der Waals surface area contributed by atoms with Gasteiger partial charge in [-0.1, -0.05) is 6.07 Å². The van der Waals surface area contributed by atoms with Crippen LogP contribution in [-0.2, 0) is 17.8 Å². The lowest BCUT2D eigenvalue weighted by Crippen LogP contribution is -2.49. The number of nitrogen functional groups attached to an aromatic ring is 1. The van der Waals surface area contributed by atoms with Crippen LogP contribution in [0.4, 0.5) is 5.82 Å². The maximum absolute atomic E-state index is 13.1. The zero-order valence-corrected chi connectivity index (χ0v) is 18.7. The van der Waals surface area contributed by atoms with E-state index in [4.69, 9.17) is 5.73 Å². The number of carbonyl (C=O) groups is 1. The minimum atomic E-state index is 0.171. The highest BCUT2D eigenvalue weighted by Crippen LogP contribution is 2.30. The Morgan fingerprint density at radius 1 is 1.03 bits per heavy atom. The minimum absolute atomic E-state index is 0.171. The van der Waals surface area contributed by atoms with Gasteiger partial charge in [0.25, 0.3) is 0 Å². The Morgan fingerprint density at radius 3 is 2.62 bits per heavy atom. The average Bonchev–Trinajstić information content (AvgIpc) is 3.22. The monoisotopic (exact) mass is 434 g/mol. The lowest BCUT2D eigenvalue weighted by atomic mass is 9.93. The van der Waals surface area contributed by atoms with Gasteiger partial charge in [-0.25, -0.2) is 4.98 Å². The van der Waals surface area contributed by atoms with E-state index in [1.54, 1.807) is 6.20 Å². The number of carbonyl (C=O) groups excluding carboxylic acids is 1. The molecule has 32 heavy (non-hydrogen) atoms. The van der Waals surface area contributed by atoms with E-state index in [-0.39, 0.29) is 5.92 Å². The minimum Gasteiger partial charge on any atom is -0.384 e. The zero-order chi connectivity index (χ0) is 21.9. The molecule has 7 heteroatoms. The van der Waals surface area contributed by atoms with Gasteiger partial charge >= 0.3 is 0 Å². The number of nitrogens with two attached hydrogens (primary N) is 1. The van der Waals surface area contributed by atoms with Crippen molar-refractivity contribution < 1.29 is 4.79 Å². The summed E-state index contributed by atoms with van der Waals surface area (Å²) in [7, 11) is 0. The lowest BCUT2D eigenvalue weighted by Gasteiger charge is -2.38. The van der Waals surface area contributed by atoms with Crippen molar-refractivity contribution in [2.24, 2.45) is 5.92 Å². The molecule has 0 spiro atoms. The van der Waals surface area contributed by atoms with Crippen LogP contribution in [0.2, 0.25) is 0 Å². The summed E-state index contributed by atoms with van der Waals surface area (Å²) < 4.78 is 0. The molecule has 2 aliphatic heterocycles. The van der Waals surface area contributed by atoms with Crippen LogP contribution in [0.1, 0.15) is 55.0 Å². The van der Waals surface area contributed by atoms with Crippen LogP contribution >= 0.6 is 0 Å². The molecule has 1 atom stereocenters. The molecular weight excluding hydrogens is 400 g/mol. The van der Waals surface area contributed by atoms with Gasteiger partial charge in [0, 0.05) is 44.0 Å². The molecule has 1 amide bonds. The molecule has 2 saturated heterocycles. The van der Waals surface area contributed by atoms with Gasteiger partial charge in [0.15, 0.2) is 0 Å². The highest BCUT2D eigenvalue weighted by Gasteiger charge is 2.32. The Kier molecular flexibility index (Phi) is 6.37. The van der Waals surface area contributed by atoms with Crippen LogP contribution in [0, 0.1) is 5.92 Å². The van der Waals surface area contributed by atoms with Gasteiger partial charge in [-0.3, -0.25) is 14.7 Å². The molecule has 2 fully saturated rings. The molecule has 3 N–H and O–H groups in total. The average molecular weight is 435 g/mol. The van der Waals surface area contributed by atoms with Gasteiger partial charge in [-0.05, 0) is 80.9 Å². The van der Waals surface area contributed by atoms with E-state index in [1.807, 2.05) is 24.4 Å². The van der Waals surface area contributed by atoms with Crippen molar-refractivity contribution in [1.29, 1.82) is 0 Å². The molecule has 7 nitrogen and oxygen atoms in total. The third kappa shape index (κ3) is 4.79. The lowest BCUT2D eigenvalue weighted by molar-refractivity contribution is -0.138. The molecule has 0 radical (unpaired) electrons. The standard InChI is InChI=1S/C25H34N6O/c26-23-16-18(5-11-27-23)17-30-12-6-20(7-13-30)25(32)31-14-8-21(9-15-31)29-22-4-3-19-2-1-10-28-24(19)22/h1-2,5,10-11,16,20-22,29H,3-4,6-9,12-15,17H2,(H2,26,27). The fraction of sp³-hybridized carbons (Fsp3) is 0.560. The maximum atomic E-state index is 13.1. The first-order chi connectivity index (χ1) is 15.7. The number of piperidine rings is 2. The number of pyridine rings is 2. The summed E-state index contributed by atoms with van der Waals surface area (Å²) in [5.74, 6) is 1.10. The van der Waals surface area contributed by atoms with Gasteiger partial charge < -0.3 is 16.0 Å². The first-order valence-corrected chi connectivity index (χ1v) is 12.1. The van der Waals surface area contributed by atoms with Crippen molar-refractivity contribution in [1.82, 2.24) is 25.1 Å². The van der Waals surface area contributed by atoms with Gasteiger partial charge in [-0.15, -0.1) is 0 Å². The number of amides is 1. The van der Waals surface area contributed by atoms with Crippen molar-refractivity contribution in [2.75, 3.05) is 31.9 Å². The van der Waals surface area contributed by atoms with Crippen LogP contribution < -0.4 is 11.1 Å². The van der Waals surface area contributed by atoms with E-state index in [0.29, 0.717) is 23.8 Å². The number of nitrogens with one attached hydrogen (secondary N) is 1. The van der Waals surface area contributed by atoms with Gasteiger partial charge in [0.2, 0.25) is 5.91 Å². The Hall–Kier alpha value is -2.51. The predicted octanol–water partition coefficient (Wildman–Crippen LogP) is 2.54. The molecule has 2 aromatic rings. The number of anilines is 1. The largest absolute Gasteiger partial charge is 0.384 e. The predicted molar refractivity (Wildman–Crippen MR) is 125 cm³/mol. The number of likely N-dealkylation sites (tertiary alicyclic amines) is 2. The summed E-state index contributed by atoms with van der Waals surface area (Å²) in [6.07, 6.45) is 9.88. The molecule has 3 aliphatic rings. The number of aromatic nitrogens is 2. The van der Waals surface area contributed by atoms with Crippen LogP contribution in [0.5, 0.6) is 0 Å². The first kappa shape index (κ1) is 21.3. The fourth-order valence-corrected chi connectivity index (χ4v) is 5.57. The van der Waals surface area contributed by atoms with E-state index in [9.17, 15) is 4.79 Å². The van der Waals surface area contributed by atoms with Gasteiger partial charge in [0.1, 0.15) is 5.82 Å². The zero-order valence-electron chi connectivity index (χ0n) is 18.7. The number of aryl methyl sites for hydroxylation is 1. The van der Waals surface area contributed by atoms with E-state index in [1.165, 1.54) is 16.8 Å². The molecule has 1 unspecified atom stereocenters. The smallest absolute Gasteiger partial charge is 0.225 e. The van der Waals surface area contributed by atoms with Gasteiger partial charge in [-0.2, -0.15) is 0 Å². The molecule has 0 aromatic carbocycles. The fourth-order valence-electron chi connectivity index (χ4n) is 5.57. The molecule has 0 saturated carbocycles. The molecule has 4 heterocycles. The van der Waals surface area contributed by atoms with Crippen molar-refractivity contribution in [3.63, 3.8) is 0 Å². The third-order valence-electron chi connectivity index (χ3n) is 7.39. The van der Waals surface area contributed by atoms with Crippen molar-refractivity contribution in [2.45, 2.75) is 57.2 Å². The number of hydrogen-bond donors (Lipinski definition) is 2. The quantitative estimate of drug-likeness (QED) is 0.752. The number of rotatable bonds is 5. The second-order valence-electron chi connectivity index (χ2n) is 9.54. The second-order valence-corrected chi connectivity index (χ2v) is 9.54. The second kappa shape index (κ2) is 9.55.